The zero-order valence-corrected chi connectivity index (χ0v) is 14.4. The van der Waals surface area contributed by atoms with Crippen molar-refractivity contribution < 1.29 is 19.1 Å². The lowest BCUT2D eigenvalue weighted by atomic mass is 9.92. The van der Waals surface area contributed by atoms with Crippen LogP contribution in [0, 0.1) is 10.1 Å². The van der Waals surface area contributed by atoms with Gasteiger partial charge in [0.15, 0.2) is 0 Å². The molecule has 8 nitrogen and oxygen atoms in total. The lowest BCUT2D eigenvalue weighted by Gasteiger charge is -2.40. The van der Waals surface area contributed by atoms with Crippen molar-refractivity contribution in [2.24, 2.45) is 5.10 Å². The number of nitrogens with zero attached hydrogens (tertiary/aromatic N) is 3. The fraction of sp³-hybridized carbons (Fsp3) is 0.933. The van der Waals surface area contributed by atoms with Crippen molar-refractivity contribution in [3.8, 4) is 0 Å². The second kappa shape index (κ2) is 7.44. The van der Waals surface area contributed by atoms with E-state index in [4.69, 9.17) is 14.2 Å². The minimum atomic E-state index is -0.955. The highest BCUT2D eigenvalue weighted by molar-refractivity contribution is 5.83. The first-order chi connectivity index (χ1) is 10.9. The molecule has 1 fully saturated rings. The summed E-state index contributed by atoms with van der Waals surface area (Å²) in [6.07, 6.45) is 2.45. The molecule has 2 aliphatic heterocycles. The van der Waals surface area contributed by atoms with Crippen molar-refractivity contribution >= 4 is 5.90 Å². The molecule has 0 N–H and O–H groups in total. The Hall–Kier alpha value is -1.41. The van der Waals surface area contributed by atoms with Gasteiger partial charge in [-0.25, -0.2) is 0 Å². The predicted molar refractivity (Wildman–Crippen MR) is 85.0 cm³/mol. The molecular formula is C15H27N3O5. The molecule has 132 valence electrons. The first-order valence-corrected chi connectivity index (χ1v) is 8.12. The third-order valence-corrected chi connectivity index (χ3v) is 4.46. The van der Waals surface area contributed by atoms with E-state index in [2.05, 4.69) is 5.10 Å². The van der Waals surface area contributed by atoms with Crippen LogP contribution in [0.5, 0.6) is 0 Å². The maximum Gasteiger partial charge on any atom is 0.312 e. The molecule has 8 heteroatoms. The van der Waals surface area contributed by atoms with Gasteiger partial charge in [-0.1, -0.05) is 0 Å². The number of hydrazone groups is 1. The van der Waals surface area contributed by atoms with E-state index in [0.29, 0.717) is 26.2 Å². The minimum Gasteiger partial charge on any atom is -0.475 e. The first-order valence-electron chi connectivity index (χ1n) is 8.12. The Morgan fingerprint density at radius 2 is 2.22 bits per heavy atom. The van der Waals surface area contributed by atoms with Gasteiger partial charge in [-0.3, -0.25) is 15.1 Å². The molecule has 0 aromatic rings. The van der Waals surface area contributed by atoms with Crippen LogP contribution in [0.4, 0.5) is 0 Å². The summed E-state index contributed by atoms with van der Waals surface area (Å²) < 4.78 is 16.2. The van der Waals surface area contributed by atoms with Gasteiger partial charge in [0.05, 0.1) is 18.8 Å². The van der Waals surface area contributed by atoms with E-state index in [9.17, 15) is 10.1 Å². The van der Waals surface area contributed by atoms with Crippen molar-refractivity contribution in [1.82, 2.24) is 5.01 Å². The third-order valence-electron chi connectivity index (χ3n) is 4.46. The number of hydrogen-bond donors (Lipinski definition) is 0. The largest absolute Gasteiger partial charge is 0.475 e. The molecule has 0 radical (unpaired) electrons. The summed E-state index contributed by atoms with van der Waals surface area (Å²) in [4.78, 5) is 11.3. The van der Waals surface area contributed by atoms with E-state index in [1.54, 1.807) is 7.11 Å². The van der Waals surface area contributed by atoms with Crippen LogP contribution in [0.2, 0.25) is 0 Å². The van der Waals surface area contributed by atoms with Gasteiger partial charge in [0.25, 0.3) is 5.90 Å². The molecule has 0 aliphatic carbocycles. The number of nitro groups is 1. The zero-order chi connectivity index (χ0) is 17.0. The molecule has 0 aromatic carbocycles. The number of ether oxygens (including phenoxy) is 3. The second-order valence-electron chi connectivity index (χ2n) is 6.68. The Bertz CT molecular complexity index is 454. The van der Waals surface area contributed by atoms with Crippen LogP contribution in [0.3, 0.4) is 0 Å². The van der Waals surface area contributed by atoms with E-state index in [0.717, 1.165) is 12.8 Å². The molecule has 0 aromatic heterocycles. The van der Waals surface area contributed by atoms with Crippen LogP contribution >= 0.6 is 0 Å². The average Bonchev–Trinajstić information content (AvgIpc) is 2.74. The summed E-state index contributed by atoms with van der Waals surface area (Å²) in [5, 5.41) is 17.9. The Morgan fingerprint density at radius 3 is 2.83 bits per heavy atom. The molecule has 2 rings (SSSR count). The lowest BCUT2D eigenvalue weighted by molar-refractivity contribution is -0.517. The smallest absolute Gasteiger partial charge is 0.312 e. The molecule has 2 heterocycles. The predicted octanol–water partition coefficient (Wildman–Crippen LogP) is 1.66. The fourth-order valence-corrected chi connectivity index (χ4v) is 3.30. The zero-order valence-electron chi connectivity index (χ0n) is 14.4. The van der Waals surface area contributed by atoms with Crippen molar-refractivity contribution in [3.63, 3.8) is 0 Å². The molecule has 0 amide bonds. The second-order valence-corrected chi connectivity index (χ2v) is 6.68. The normalized spacial score (nSPS) is 30.2. The third kappa shape index (κ3) is 3.92. The maximum atomic E-state index is 11.6. The van der Waals surface area contributed by atoms with Gasteiger partial charge in [-0.15, -0.1) is 5.10 Å². The number of hydrogen-bond acceptors (Lipinski definition) is 7. The first kappa shape index (κ1) is 17.9. The number of rotatable bonds is 6. The summed E-state index contributed by atoms with van der Waals surface area (Å²) >= 11 is 0. The number of methoxy groups -OCH3 is 1. The van der Waals surface area contributed by atoms with Crippen LogP contribution in [-0.4, -0.2) is 66.5 Å². The fourth-order valence-electron chi connectivity index (χ4n) is 3.30. The van der Waals surface area contributed by atoms with Gasteiger partial charge in [-0.05, 0) is 33.6 Å². The van der Waals surface area contributed by atoms with Gasteiger partial charge in [0.2, 0.25) is 0 Å². The van der Waals surface area contributed by atoms with Crippen LogP contribution in [0.1, 0.15) is 40.0 Å². The van der Waals surface area contributed by atoms with Gasteiger partial charge in [0, 0.05) is 31.7 Å². The standard InChI is InChI=1S/C15H27N3O5/c1-11-10-12(6-9-22-11)17-15(2,3)13(18(19)20)14(16-17)23-8-5-7-21-4/h11-13H,5-10H2,1-4H3. The van der Waals surface area contributed by atoms with Crippen LogP contribution in [-0.2, 0) is 14.2 Å². The van der Waals surface area contributed by atoms with E-state index in [-0.39, 0.29) is 23.0 Å². The molecule has 1 saturated heterocycles. The summed E-state index contributed by atoms with van der Waals surface area (Å²) in [6, 6.07) is -0.820. The highest BCUT2D eigenvalue weighted by atomic mass is 16.6. The molecule has 2 aliphatic rings. The van der Waals surface area contributed by atoms with Gasteiger partial charge in [0.1, 0.15) is 5.54 Å². The topological polar surface area (TPSA) is 86.4 Å². The van der Waals surface area contributed by atoms with Crippen LogP contribution < -0.4 is 0 Å². The van der Waals surface area contributed by atoms with E-state index in [1.165, 1.54) is 0 Å². The van der Waals surface area contributed by atoms with Crippen molar-refractivity contribution in [1.29, 1.82) is 0 Å². The van der Waals surface area contributed by atoms with E-state index < -0.39 is 11.6 Å². The summed E-state index contributed by atoms with van der Waals surface area (Å²) in [5.41, 5.74) is -0.720. The van der Waals surface area contributed by atoms with Gasteiger partial charge in [-0.2, -0.15) is 0 Å². The summed E-state index contributed by atoms with van der Waals surface area (Å²) in [5.74, 6) is 0.204. The SMILES string of the molecule is COCCCOC1=NN(C2CCOC(C)C2)C(C)(C)C1[N+](=O)[O-]. The Balaban J connectivity index is 2.13. The van der Waals surface area contributed by atoms with Gasteiger partial charge < -0.3 is 14.2 Å². The Kier molecular flexibility index (Phi) is 5.80. The van der Waals surface area contributed by atoms with Crippen molar-refractivity contribution in [3.05, 3.63) is 10.1 Å². The molecule has 0 saturated carbocycles. The Morgan fingerprint density at radius 1 is 1.48 bits per heavy atom. The molecule has 0 bridgehead atoms. The van der Waals surface area contributed by atoms with Crippen LogP contribution in [0.25, 0.3) is 0 Å². The minimum absolute atomic E-state index is 0.135. The van der Waals surface area contributed by atoms with Crippen molar-refractivity contribution in [2.45, 2.75) is 63.8 Å². The van der Waals surface area contributed by atoms with Crippen molar-refractivity contribution in [2.75, 3.05) is 26.9 Å². The lowest BCUT2D eigenvalue weighted by Crippen LogP contribution is -2.55. The van der Waals surface area contributed by atoms with E-state index in [1.807, 2.05) is 25.8 Å². The molecule has 23 heavy (non-hydrogen) atoms. The van der Waals surface area contributed by atoms with Crippen LogP contribution in [0.15, 0.2) is 5.10 Å². The summed E-state index contributed by atoms with van der Waals surface area (Å²) in [7, 11) is 1.62. The quantitative estimate of drug-likeness (QED) is 0.418. The molecule has 3 atom stereocenters. The molecular weight excluding hydrogens is 302 g/mol. The highest BCUT2D eigenvalue weighted by Crippen LogP contribution is 2.35. The van der Waals surface area contributed by atoms with E-state index >= 15 is 0 Å². The van der Waals surface area contributed by atoms with Gasteiger partial charge >= 0.3 is 6.04 Å². The highest BCUT2D eigenvalue weighted by Gasteiger charge is 2.56. The average molecular weight is 329 g/mol. The maximum absolute atomic E-state index is 11.6. The molecule has 3 unspecified atom stereocenters. The Labute approximate surface area is 136 Å². The molecule has 0 spiro atoms. The monoisotopic (exact) mass is 329 g/mol. The summed E-state index contributed by atoms with van der Waals surface area (Å²) in [6.45, 7) is 7.31.